The van der Waals surface area contributed by atoms with Crippen molar-refractivity contribution in [3.05, 3.63) is 47.5 Å². The Morgan fingerprint density at radius 3 is 2.36 bits per heavy atom. The smallest absolute Gasteiger partial charge is 0.262 e. The highest BCUT2D eigenvalue weighted by molar-refractivity contribution is 6.31. The number of ether oxygens (including phenoxy) is 2. The molecule has 2 rings (SSSR count). The third-order valence-electron chi connectivity index (χ3n) is 2.79. The lowest BCUT2D eigenvalue weighted by Crippen LogP contribution is -2.20. The third kappa shape index (κ3) is 4.56. The van der Waals surface area contributed by atoms with Gasteiger partial charge >= 0.3 is 0 Å². The Labute approximate surface area is 134 Å². The number of rotatable bonds is 6. The quantitative estimate of drug-likeness (QED) is 0.801. The second-order valence-electron chi connectivity index (χ2n) is 4.47. The highest BCUT2D eigenvalue weighted by Crippen LogP contribution is 2.22. The van der Waals surface area contributed by atoms with Crippen LogP contribution < -0.4 is 20.5 Å². The molecule has 2 aromatic carbocycles. The summed E-state index contributed by atoms with van der Waals surface area (Å²) in [5.41, 5.74) is 6.68. The Kier molecular flexibility index (Phi) is 5.49. The van der Waals surface area contributed by atoms with Crippen molar-refractivity contribution in [2.75, 3.05) is 24.3 Å². The molecule has 1 amide bonds. The summed E-state index contributed by atoms with van der Waals surface area (Å²) >= 11 is 5.80. The van der Waals surface area contributed by atoms with E-state index in [4.69, 9.17) is 26.8 Å². The van der Waals surface area contributed by atoms with Gasteiger partial charge in [-0.25, -0.2) is 0 Å². The SMILES string of the molecule is CCOc1ccc(OCC(=O)Nc2ccc(Cl)cc2N)cc1. The van der Waals surface area contributed by atoms with Crippen LogP contribution in [0.15, 0.2) is 42.5 Å². The highest BCUT2D eigenvalue weighted by atomic mass is 35.5. The molecule has 0 radical (unpaired) electrons. The average molecular weight is 321 g/mol. The monoisotopic (exact) mass is 320 g/mol. The number of nitrogens with one attached hydrogen (secondary N) is 1. The molecule has 2 aromatic rings. The molecule has 0 atom stereocenters. The molecule has 5 nitrogen and oxygen atoms in total. The predicted molar refractivity (Wildman–Crippen MR) is 87.6 cm³/mol. The van der Waals surface area contributed by atoms with Crippen LogP contribution in [0.25, 0.3) is 0 Å². The van der Waals surface area contributed by atoms with Crippen LogP contribution in [0.1, 0.15) is 6.92 Å². The summed E-state index contributed by atoms with van der Waals surface area (Å²) in [7, 11) is 0. The van der Waals surface area contributed by atoms with Gasteiger partial charge in [-0.2, -0.15) is 0 Å². The van der Waals surface area contributed by atoms with Gasteiger partial charge in [-0.05, 0) is 49.4 Å². The molecule has 116 valence electrons. The van der Waals surface area contributed by atoms with Crippen LogP contribution in [-0.2, 0) is 4.79 Å². The van der Waals surface area contributed by atoms with Crippen molar-refractivity contribution in [2.24, 2.45) is 0 Å². The average Bonchev–Trinajstić information content (AvgIpc) is 2.50. The summed E-state index contributed by atoms with van der Waals surface area (Å²) in [6.07, 6.45) is 0. The summed E-state index contributed by atoms with van der Waals surface area (Å²) in [5, 5.41) is 3.18. The number of hydrogen-bond donors (Lipinski definition) is 2. The van der Waals surface area contributed by atoms with Gasteiger partial charge in [0, 0.05) is 5.02 Å². The molecule has 0 aromatic heterocycles. The maximum absolute atomic E-state index is 11.8. The van der Waals surface area contributed by atoms with Gasteiger partial charge in [-0.1, -0.05) is 11.6 Å². The van der Waals surface area contributed by atoms with Gasteiger partial charge < -0.3 is 20.5 Å². The van der Waals surface area contributed by atoms with Crippen LogP contribution in [0.5, 0.6) is 11.5 Å². The van der Waals surface area contributed by atoms with Crippen LogP contribution in [0.4, 0.5) is 11.4 Å². The third-order valence-corrected chi connectivity index (χ3v) is 3.03. The summed E-state index contributed by atoms with van der Waals surface area (Å²) in [4.78, 5) is 11.8. The zero-order valence-electron chi connectivity index (χ0n) is 12.1. The maximum Gasteiger partial charge on any atom is 0.262 e. The standard InChI is InChI=1S/C16H17ClN2O3/c1-2-21-12-4-6-13(7-5-12)22-10-16(20)19-15-8-3-11(17)9-14(15)18/h3-9H,2,10,18H2,1H3,(H,19,20). The van der Waals surface area contributed by atoms with Crippen molar-refractivity contribution in [2.45, 2.75) is 6.92 Å². The van der Waals surface area contributed by atoms with E-state index in [1.165, 1.54) is 0 Å². The van der Waals surface area contributed by atoms with Crippen LogP contribution in [-0.4, -0.2) is 19.1 Å². The second-order valence-corrected chi connectivity index (χ2v) is 4.91. The van der Waals surface area contributed by atoms with Gasteiger partial charge in [0.2, 0.25) is 0 Å². The van der Waals surface area contributed by atoms with Gasteiger partial charge in [0.1, 0.15) is 11.5 Å². The largest absolute Gasteiger partial charge is 0.494 e. The van der Waals surface area contributed by atoms with E-state index in [9.17, 15) is 4.79 Å². The molecule has 0 aliphatic carbocycles. The van der Waals surface area contributed by atoms with Crippen LogP contribution >= 0.6 is 11.6 Å². The maximum atomic E-state index is 11.8. The molecule has 0 saturated carbocycles. The Bertz CT molecular complexity index is 644. The second kappa shape index (κ2) is 7.56. The first-order valence-corrected chi connectivity index (χ1v) is 7.17. The topological polar surface area (TPSA) is 73.6 Å². The van der Waals surface area contributed by atoms with Crippen LogP contribution in [0.2, 0.25) is 5.02 Å². The van der Waals surface area contributed by atoms with Crippen molar-refractivity contribution < 1.29 is 14.3 Å². The molecule has 0 saturated heterocycles. The van der Waals surface area contributed by atoms with Crippen molar-refractivity contribution in [1.82, 2.24) is 0 Å². The lowest BCUT2D eigenvalue weighted by atomic mass is 10.2. The fourth-order valence-corrected chi connectivity index (χ4v) is 1.96. The first-order valence-electron chi connectivity index (χ1n) is 6.79. The van der Waals surface area contributed by atoms with E-state index in [1.807, 2.05) is 6.92 Å². The number of carbonyl (C=O) groups excluding carboxylic acids is 1. The number of benzene rings is 2. The number of nitrogens with two attached hydrogens (primary N) is 1. The number of nitrogen functional groups attached to an aromatic ring is 1. The molecule has 0 spiro atoms. The van der Waals surface area contributed by atoms with E-state index in [2.05, 4.69) is 5.32 Å². The minimum Gasteiger partial charge on any atom is -0.494 e. The van der Waals surface area contributed by atoms with E-state index in [0.717, 1.165) is 5.75 Å². The fraction of sp³-hybridized carbons (Fsp3) is 0.188. The van der Waals surface area contributed by atoms with Crippen LogP contribution in [0.3, 0.4) is 0 Å². The number of carbonyl (C=O) groups is 1. The van der Waals surface area contributed by atoms with E-state index in [1.54, 1.807) is 42.5 Å². The number of halogens is 1. The van der Waals surface area contributed by atoms with E-state index in [-0.39, 0.29) is 12.5 Å². The Morgan fingerprint density at radius 2 is 1.77 bits per heavy atom. The number of hydrogen-bond acceptors (Lipinski definition) is 4. The number of amides is 1. The fourth-order valence-electron chi connectivity index (χ4n) is 1.78. The van der Waals surface area contributed by atoms with Gasteiger partial charge in [0.25, 0.3) is 5.91 Å². The summed E-state index contributed by atoms with van der Waals surface area (Å²) < 4.78 is 10.7. The number of anilines is 2. The molecule has 6 heteroatoms. The lowest BCUT2D eigenvalue weighted by molar-refractivity contribution is -0.118. The van der Waals surface area contributed by atoms with E-state index >= 15 is 0 Å². The van der Waals surface area contributed by atoms with Gasteiger partial charge in [0.05, 0.1) is 18.0 Å². The zero-order valence-corrected chi connectivity index (χ0v) is 12.9. The van der Waals surface area contributed by atoms with Crippen molar-refractivity contribution in [3.8, 4) is 11.5 Å². The highest BCUT2D eigenvalue weighted by Gasteiger charge is 2.07. The van der Waals surface area contributed by atoms with E-state index in [0.29, 0.717) is 28.8 Å². The van der Waals surface area contributed by atoms with Gasteiger partial charge in [0.15, 0.2) is 6.61 Å². The molecule has 0 unspecified atom stereocenters. The normalized spacial score (nSPS) is 10.1. The molecule has 0 bridgehead atoms. The Balaban J connectivity index is 1.87. The van der Waals surface area contributed by atoms with Crippen molar-refractivity contribution in [1.29, 1.82) is 0 Å². The molecular weight excluding hydrogens is 304 g/mol. The first kappa shape index (κ1) is 16.0. The van der Waals surface area contributed by atoms with Crippen LogP contribution in [0, 0.1) is 0 Å². The lowest BCUT2D eigenvalue weighted by Gasteiger charge is -2.10. The van der Waals surface area contributed by atoms with Gasteiger partial charge in [-0.15, -0.1) is 0 Å². The van der Waals surface area contributed by atoms with Crippen molar-refractivity contribution >= 4 is 28.9 Å². The van der Waals surface area contributed by atoms with Crippen molar-refractivity contribution in [3.63, 3.8) is 0 Å². The molecule has 3 N–H and O–H groups in total. The zero-order chi connectivity index (χ0) is 15.9. The summed E-state index contributed by atoms with van der Waals surface area (Å²) in [6, 6.07) is 11.9. The Morgan fingerprint density at radius 1 is 1.14 bits per heavy atom. The molecule has 0 aliphatic rings. The predicted octanol–water partition coefficient (Wildman–Crippen LogP) is 3.34. The summed E-state index contributed by atoms with van der Waals surface area (Å²) in [6.45, 7) is 2.40. The molecule has 22 heavy (non-hydrogen) atoms. The Hall–Kier alpha value is -2.40. The molecule has 0 fully saturated rings. The minimum absolute atomic E-state index is 0.115. The molecular formula is C16H17ClN2O3. The van der Waals surface area contributed by atoms with E-state index < -0.39 is 0 Å². The molecule has 0 heterocycles. The first-order chi connectivity index (χ1) is 10.6. The minimum atomic E-state index is -0.303. The van der Waals surface area contributed by atoms with Gasteiger partial charge in [-0.3, -0.25) is 4.79 Å². The molecule has 0 aliphatic heterocycles. The summed E-state index contributed by atoms with van der Waals surface area (Å²) in [5.74, 6) is 1.04.